The fourth-order valence-corrected chi connectivity index (χ4v) is 2.08. The molecule has 2 N–H and O–H groups in total. The summed E-state index contributed by atoms with van der Waals surface area (Å²) in [4.78, 5) is 23.3. The Labute approximate surface area is 171 Å². The summed E-state index contributed by atoms with van der Waals surface area (Å²) in [6, 6.07) is 10.3. The molecule has 2 rings (SSSR count). The van der Waals surface area contributed by atoms with Crippen molar-refractivity contribution in [2.24, 2.45) is 0 Å². The zero-order chi connectivity index (χ0) is 18.6. The van der Waals surface area contributed by atoms with Crippen LogP contribution >= 0.6 is 0 Å². The van der Waals surface area contributed by atoms with Crippen LogP contribution in [0, 0.1) is 0 Å². The molecule has 0 heterocycles. The van der Waals surface area contributed by atoms with Gasteiger partial charge in [0.05, 0.1) is 16.8 Å². The molecule has 132 valence electrons. The van der Waals surface area contributed by atoms with Crippen LogP contribution in [-0.4, -0.2) is 17.0 Å². The molecule has 0 aliphatic carbocycles. The number of halogens is 3. The van der Waals surface area contributed by atoms with Crippen LogP contribution in [0.5, 0.6) is 0 Å². The predicted octanol–water partition coefficient (Wildman–Crippen LogP) is 1.56. The van der Waals surface area contributed by atoms with Gasteiger partial charge in [-0.1, -0.05) is 24.3 Å². The predicted molar refractivity (Wildman–Crippen MR) is 88.2 cm³/mol. The third-order valence-corrected chi connectivity index (χ3v) is 3.39. The van der Waals surface area contributed by atoms with E-state index in [1.165, 1.54) is 43.3 Å². The van der Waals surface area contributed by atoms with Crippen molar-refractivity contribution in [3.63, 3.8) is 0 Å². The second-order valence-electron chi connectivity index (χ2n) is 5.25. The quantitative estimate of drug-likeness (QED) is 0.632. The van der Waals surface area contributed by atoms with Crippen molar-refractivity contribution in [1.29, 1.82) is 0 Å². The molecule has 0 saturated heterocycles. The minimum atomic E-state index is -4.42. The third-order valence-electron chi connectivity index (χ3n) is 3.39. The van der Waals surface area contributed by atoms with Gasteiger partial charge in [-0.25, -0.2) is 4.79 Å². The normalized spacial score (nSPS) is 11.5. The molecule has 0 unspecified atom stereocenters. The van der Waals surface area contributed by atoms with E-state index < -0.39 is 23.6 Å². The molecule has 26 heavy (non-hydrogen) atoms. The monoisotopic (exact) mass is 373 g/mol. The maximum absolute atomic E-state index is 12.5. The molecule has 0 aliphatic heterocycles. The van der Waals surface area contributed by atoms with Crippen LogP contribution in [0.1, 0.15) is 29.8 Å². The molecule has 4 nitrogen and oxygen atoms in total. The van der Waals surface area contributed by atoms with Gasteiger partial charge in [0.1, 0.15) is 0 Å². The van der Waals surface area contributed by atoms with Gasteiger partial charge in [-0.2, -0.15) is 13.2 Å². The van der Waals surface area contributed by atoms with E-state index in [-0.39, 0.29) is 47.8 Å². The Bertz CT molecular complexity index is 836. The first kappa shape index (κ1) is 22.0. The van der Waals surface area contributed by atoms with Gasteiger partial charge in [0, 0.05) is 5.57 Å². The number of anilines is 1. The fraction of sp³-hybridized carbons (Fsp3) is 0.111. The zero-order valence-electron chi connectivity index (χ0n) is 15.1. The molecule has 0 aliphatic rings. The van der Waals surface area contributed by atoms with Gasteiger partial charge in [-0.3, -0.25) is 4.79 Å². The number of carboxylic acids is 1. The van der Waals surface area contributed by atoms with Crippen molar-refractivity contribution in [3.8, 4) is 0 Å². The first-order valence-electron chi connectivity index (χ1n) is 7.17. The van der Waals surface area contributed by atoms with E-state index in [0.717, 1.165) is 12.1 Å². The Hall–Kier alpha value is -2.09. The Morgan fingerprint density at radius 2 is 1.65 bits per heavy atom. The largest absolute Gasteiger partial charge is 1.00 e. The summed E-state index contributed by atoms with van der Waals surface area (Å²) in [5.41, 5.74) is -0.0485. The Balaban J connectivity index is 0.00000338. The second kappa shape index (κ2) is 9.02. The molecule has 0 bridgehead atoms. The summed E-state index contributed by atoms with van der Waals surface area (Å²) < 4.78 is 37.6. The SMILES string of the molecule is CC(=Cc1ccc(C(F)(F)F)cc1)C(=O)Nc1ccccc1C(=O)O.[H-].[Na+]. The van der Waals surface area contributed by atoms with Crippen molar-refractivity contribution in [2.75, 3.05) is 5.32 Å². The fourth-order valence-electron chi connectivity index (χ4n) is 2.08. The van der Waals surface area contributed by atoms with Crippen LogP contribution in [0.4, 0.5) is 18.9 Å². The number of carbonyl (C=O) groups is 2. The molecule has 0 saturated carbocycles. The van der Waals surface area contributed by atoms with Crippen molar-refractivity contribution < 1.29 is 58.9 Å². The number of rotatable bonds is 4. The van der Waals surface area contributed by atoms with Crippen LogP contribution in [0.25, 0.3) is 6.08 Å². The molecule has 0 aromatic heterocycles. The summed E-state index contributed by atoms with van der Waals surface area (Å²) in [7, 11) is 0. The molecule has 2 aromatic carbocycles. The molecular formula is C18H15F3NNaO3. The number of carbonyl (C=O) groups excluding carboxylic acids is 1. The van der Waals surface area contributed by atoms with Gasteiger partial charge in [-0.05, 0) is 42.8 Å². The first-order chi connectivity index (χ1) is 11.7. The average molecular weight is 373 g/mol. The van der Waals surface area contributed by atoms with Crippen LogP contribution < -0.4 is 34.9 Å². The van der Waals surface area contributed by atoms with Crippen molar-refractivity contribution in [2.45, 2.75) is 13.1 Å². The number of aromatic carboxylic acids is 1. The molecular weight excluding hydrogens is 358 g/mol. The molecule has 0 fully saturated rings. The molecule has 1 amide bonds. The Kier molecular flexibility index (Phi) is 7.62. The number of hydrogen-bond acceptors (Lipinski definition) is 2. The number of carboxylic acid groups (broad SMARTS) is 1. The van der Waals surface area contributed by atoms with Crippen molar-refractivity contribution in [1.82, 2.24) is 0 Å². The Morgan fingerprint density at radius 3 is 2.19 bits per heavy atom. The average Bonchev–Trinajstić information content (AvgIpc) is 2.54. The van der Waals surface area contributed by atoms with Crippen molar-refractivity contribution >= 4 is 23.6 Å². The standard InChI is InChI=1S/C18H14F3NO3.Na.H/c1-11(10-12-6-8-13(9-7-12)18(19,20)21)16(23)22-15-5-3-2-4-14(15)17(24)25;;/h2-10H,1H3,(H,22,23)(H,24,25);;/q;+1;-1. The number of amides is 1. The van der Waals surface area contributed by atoms with E-state index in [9.17, 15) is 22.8 Å². The van der Waals surface area contributed by atoms with E-state index >= 15 is 0 Å². The number of hydrogen-bond donors (Lipinski definition) is 2. The third kappa shape index (κ3) is 5.72. The minimum absolute atomic E-state index is 0. The number of nitrogens with one attached hydrogen (secondary N) is 1. The number of para-hydroxylation sites is 1. The van der Waals surface area contributed by atoms with Crippen LogP contribution in [0.2, 0.25) is 0 Å². The molecule has 8 heteroatoms. The van der Waals surface area contributed by atoms with E-state index in [4.69, 9.17) is 5.11 Å². The van der Waals surface area contributed by atoms with Crippen LogP contribution in [-0.2, 0) is 11.0 Å². The number of alkyl halides is 3. The molecule has 0 spiro atoms. The van der Waals surface area contributed by atoms with Gasteiger partial charge in [0.15, 0.2) is 0 Å². The van der Waals surface area contributed by atoms with E-state index in [1.54, 1.807) is 6.07 Å². The summed E-state index contributed by atoms with van der Waals surface area (Å²) >= 11 is 0. The smallest absolute Gasteiger partial charge is 1.00 e. The van der Waals surface area contributed by atoms with E-state index in [2.05, 4.69) is 5.32 Å². The van der Waals surface area contributed by atoms with Crippen LogP contribution in [0.15, 0.2) is 54.1 Å². The van der Waals surface area contributed by atoms with Crippen LogP contribution in [0.3, 0.4) is 0 Å². The number of benzene rings is 2. The first-order valence-corrected chi connectivity index (χ1v) is 7.17. The van der Waals surface area contributed by atoms with Crippen molar-refractivity contribution in [3.05, 3.63) is 70.8 Å². The van der Waals surface area contributed by atoms with E-state index in [1.807, 2.05) is 0 Å². The maximum atomic E-state index is 12.5. The van der Waals surface area contributed by atoms with Gasteiger partial charge < -0.3 is 11.8 Å². The Morgan fingerprint density at radius 1 is 1.08 bits per heavy atom. The maximum Gasteiger partial charge on any atom is 1.00 e. The summed E-state index contributed by atoms with van der Waals surface area (Å²) in [5, 5.41) is 11.6. The summed E-state index contributed by atoms with van der Waals surface area (Å²) in [6.45, 7) is 1.48. The van der Waals surface area contributed by atoms with E-state index in [0.29, 0.717) is 5.56 Å². The molecule has 0 radical (unpaired) electrons. The van der Waals surface area contributed by atoms with Gasteiger partial charge in [0.2, 0.25) is 0 Å². The minimum Gasteiger partial charge on any atom is -1.00 e. The zero-order valence-corrected chi connectivity index (χ0v) is 16.1. The molecule has 2 aromatic rings. The molecule has 0 atom stereocenters. The summed E-state index contributed by atoms with van der Waals surface area (Å²) in [6.07, 6.45) is -3.01. The van der Waals surface area contributed by atoms with Gasteiger partial charge in [0.25, 0.3) is 5.91 Å². The van der Waals surface area contributed by atoms with Gasteiger partial charge in [-0.15, -0.1) is 0 Å². The second-order valence-corrected chi connectivity index (χ2v) is 5.25. The summed E-state index contributed by atoms with van der Waals surface area (Å²) in [5.74, 6) is -1.73. The topological polar surface area (TPSA) is 66.4 Å². The van der Waals surface area contributed by atoms with Gasteiger partial charge >= 0.3 is 41.7 Å².